The number of thiophene rings is 1. The van der Waals surface area contributed by atoms with Crippen LogP contribution in [0.2, 0.25) is 0 Å². The SMILES string of the molecule is O=C(O)c1sc2cccc(F)c2c1Cn1cncn1. The lowest BCUT2D eigenvalue weighted by Gasteiger charge is -2.02. The predicted octanol–water partition coefficient (Wildman–Crippen LogP) is 2.38. The highest BCUT2D eigenvalue weighted by molar-refractivity contribution is 7.21. The zero-order valence-electron chi connectivity index (χ0n) is 9.58. The number of fused-ring (bicyclic) bond motifs is 1. The number of carboxylic acids is 1. The van der Waals surface area contributed by atoms with Gasteiger partial charge in [0.2, 0.25) is 0 Å². The summed E-state index contributed by atoms with van der Waals surface area (Å²) in [6.07, 6.45) is 2.82. The van der Waals surface area contributed by atoms with E-state index >= 15 is 0 Å². The van der Waals surface area contributed by atoms with Gasteiger partial charge in [-0.1, -0.05) is 6.07 Å². The van der Waals surface area contributed by atoms with Crippen LogP contribution in [0.5, 0.6) is 0 Å². The van der Waals surface area contributed by atoms with Crippen LogP contribution < -0.4 is 0 Å². The number of rotatable bonds is 3. The van der Waals surface area contributed by atoms with Crippen molar-refractivity contribution in [2.24, 2.45) is 0 Å². The minimum atomic E-state index is -1.06. The number of hydrogen-bond donors (Lipinski definition) is 1. The highest BCUT2D eigenvalue weighted by Crippen LogP contribution is 2.33. The Bertz CT molecular complexity index is 752. The molecule has 0 aliphatic rings. The zero-order chi connectivity index (χ0) is 13.4. The molecule has 0 bridgehead atoms. The molecule has 2 heterocycles. The van der Waals surface area contributed by atoms with Gasteiger partial charge < -0.3 is 5.11 Å². The zero-order valence-corrected chi connectivity index (χ0v) is 10.4. The minimum absolute atomic E-state index is 0.135. The second kappa shape index (κ2) is 4.43. The van der Waals surface area contributed by atoms with Gasteiger partial charge in [0.05, 0.1) is 6.54 Å². The molecule has 0 amide bonds. The molecule has 0 aliphatic carbocycles. The summed E-state index contributed by atoms with van der Waals surface area (Å²) in [5, 5.41) is 13.5. The number of benzene rings is 1. The van der Waals surface area contributed by atoms with E-state index < -0.39 is 11.8 Å². The van der Waals surface area contributed by atoms with Gasteiger partial charge in [0, 0.05) is 15.6 Å². The molecule has 0 fully saturated rings. The maximum Gasteiger partial charge on any atom is 0.346 e. The number of carbonyl (C=O) groups is 1. The average molecular weight is 277 g/mol. The highest BCUT2D eigenvalue weighted by atomic mass is 32.1. The molecular weight excluding hydrogens is 269 g/mol. The molecule has 2 aromatic heterocycles. The van der Waals surface area contributed by atoms with E-state index in [1.54, 1.807) is 12.1 Å². The quantitative estimate of drug-likeness (QED) is 0.798. The molecule has 1 aromatic carbocycles. The molecule has 7 heteroatoms. The second-order valence-electron chi connectivity index (χ2n) is 3.92. The maximum atomic E-state index is 13.9. The molecule has 0 aliphatic heterocycles. The third-order valence-corrected chi connectivity index (χ3v) is 3.93. The van der Waals surface area contributed by atoms with Crippen LogP contribution in [-0.2, 0) is 6.54 Å². The Morgan fingerprint density at radius 1 is 1.47 bits per heavy atom. The molecule has 0 atom stereocenters. The smallest absolute Gasteiger partial charge is 0.346 e. The van der Waals surface area contributed by atoms with Crippen LogP contribution in [-0.4, -0.2) is 25.8 Å². The lowest BCUT2D eigenvalue weighted by molar-refractivity contribution is 0.0701. The van der Waals surface area contributed by atoms with Crippen LogP contribution in [0, 0.1) is 5.82 Å². The fourth-order valence-corrected chi connectivity index (χ4v) is 3.03. The second-order valence-corrected chi connectivity index (χ2v) is 4.97. The van der Waals surface area contributed by atoms with Crippen molar-refractivity contribution in [1.82, 2.24) is 14.8 Å². The van der Waals surface area contributed by atoms with Crippen LogP contribution in [0.1, 0.15) is 15.2 Å². The Hall–Kier alpha value is -2.28. The van der Waals surface area contributed by atoms with Gasteiger partial charge in [-0.05, 0) is 12.1 Å². The van der Waals surface area contributed by atoms with Gasteiger partial charge in [-0.15, -0.1) is 11.3 Å². The van der Waals surface area contributed by atoms with Gasteiger partial charge in [-0.2, -0.15) is 5.10 Å². The van der Waals surface area contributed by atoms with Crippen molar-refractivity contribution in [3.8, 4) is 0 Å². The summed E-state index contributed by atoms with van der Waals surface area (Å²) in [6.45, 7) is 0.183. The molecule has 96 valence electrons. The van der Waals surface area contributed by atoms with Crippen LogP contribution in [0.15, 0.2) is 30.9 Å². The Balaban J connectivity index is 2.24. The molecular formula is C12H8FN3O2S. The van der Waals surface area contributed by atoms with Crippen molar-refractivity contribution < 1.29 is 14.3 Å². The summed E-state index contributed by atoms with van der Waals surface area (Å²) in [4.78, 5) is 15.2. The Labute approximate surface area is 110 Å². The summed E-state index contributed by atoms with van der Waals surface area (Å²) < 4.78 is 16.0. The van der Waals surface area contributed by atoms with Crippen LogP contribution in [0.3, 0.4) is 0 Å². The number of aromatic nitrogens is 3. The molecule has 3 aromatic rings. The van der Waals surface area contributed by atoms with Crippen molar-refractivity contribution in [3.63, 3.8) is 0 Å². The van der Waals surface area contributed by atoms with Gasteiger partial charge >= 0.3 is 5.97 Å². The molecule has 1 N–H and O–H groups in total. The summed E-state index contributed by atoms with van der Waals surface area (Å²) in [7, 11) is 0. The first-order valence-corrected chi connectivity index (χ1v) is 6.24. The van der Waals surface area contributed by atoms with E-state index in [0.717, 1.165) is 11.3 Å². The summed E-state index contributed by atoms with van der Waals surface area (Å²) in [6, 6.07) is 4.60. The standard InChI is InChI=1S/C12H8FN3O2S/c13-8-2-1-3-9-10(8)7(11(19-9)12(17)18)4-16-6-14-5-15-16/h1-3,5-6H,4H2,(H,17,18). The van der Waals surface area contributed by atoms with Gasteiger partial charge in [0.25, 0.3) is 0 Å². The van der Waals surface area contributed by atoms with Crippen LogP contribution in [0.25, 0.3) is 10.1 Å². The van der Waals surface area contributed by atoms with Crippen molar-refractivity contribution >= 4 is 27.4 Å². The fourth-order valence-electron chi connectivity index (χ4n) is 1.97. The molecule has 19 heavy (non-hydrogen) atoms. The molecule has 0 saturated heterocycles. The normalized spacial score (nSPS) is 11.0. The Morgan fingerprint density at radius 3 is 3.00 bits per heavy atom. The molecule has 0 saturated carbocycles. The maximum absolute atomic E-state index is 13.9. The summed E-state index contributed by atoms with van der Waals surface area (Å²) >= 11 is 1.07. The van der Waals surface area contributed by atoms with Crippen molar-refractivity contribution in [3.05, 3.63) is 47.1 Å². The van der Waals surface area contributed by atoms with E-state index in [1.807, 2.05) is 0 Å². The van der Waals surface area contributed by atoms with E-state index in [0.29, 0.717) is 15.6 Å². The third kappa shape index (κ3) is 1.97. The van der Waals surface area contributed by atoms with Crippen LogP contribution in [0.4, 0.5) is 4.39 Å². The van der Waals surface area contributed by atoms with Gasteiger partial charge in [0.1, 0.15) is 23.3 Å². The number of halogens is 1. The lowest BCUT2D eigenvalue weighted by Crippen LogP contribution is -2.05. The van der Waals surface area contributed by atoms with Crippen LogP contribution >= 0.6 is 11.3 Å². The first-order chi connectivity index (χ1) is 9.16. The van der Waals surface area contributed by atoms with E-state index in [-0.39, 0.29) is 11.4 Å². The topological polar surface area (TPSA) is 68.0 Å². The van der Waals surface area contributed by atoms with Gasteiger partial charge in [-0.25, -0.2) is 18.9 Å². The molecule has 0 unspecified atom stereocenters. The molecule has 0 radical (unpaired) electrons. The summed E-state index contributed by atoms with van der Waals surface area (Å²) in [5.74, 6) is -1.48. The first kappa shape index (κ1) is 11.8. The van der Waals surface area contributed by atoms with Crippen molar-refractivity contribution in [2.45, 2.75) is 6.54 Å². The fraction of sp³-hybridized carbons (Fsp3) is 0.0833. The highest BCUT2D eigenvalue weighted by Gasteiger charge is 2.20. The monoisotopic (exact) mass is 277 g/mol. The average Bonchev–Trinajstić information content (AvgIpc) is 2.98. The first-order valence-electron chi connectivity index (χ1n) is 5.42. The molecule has 0 spiro atoms. The Morgan fingerprint density at radius 2 is 2.32 bits per heavy atom. The van der Waals surface area contributed by atoms with Crippen molar-refractivity contribution in [1.29, 1.82) is 0 Å². The number of aromatic carboxylic acids is 1. The number of carboxylic acid groups (broad SMARTS) is 1. The van der Waals surface area contributed by atoms with E-state index in [9.17, 15) is 14.3 Å². The van der Waals surface area contributed by atoms with Gasteiger partial charge in [0.15, 0.2) is 0 Å². The van der Waals surface area contributed by atoms with E-state index in [4.69, 9.17) is 0 Å². The van der Waals surface area contributed by atoms with Gasteiger partial charge in [-0.3, -0.25) is 0 Å². The number of nitrogens with zero attached hydrogens (tertiary/aromatic N) is 3. The van der Waals surface area contributed by atoms with E-state index in [1.165, 1.54) is 23.4 Å². The summed E-state index contributed by atoms with van der Waals surface area (Å²) in [5.41, 5.74) is 0.427. The Kier molecular flexibility index (Phi) is 2.75. The third-order valence-electron chi connectivity index (χ3n) is 2.74. The lowest BCUT2D eigenvalue weighted by atomic mass is 10.1. The molecule has 3 rings (SSSR count). The minimum Gasteiger partial charge on any atom is -0.477 e. The largest absolute Gasteiger partial charge is 0.477 e. The van der Waals surface area contributed by atoms with Crippen molar-refractivity contribution in [2.75, 3.05) is 0 Å². The van der Waals surface area contributed by atoms with E-state index in [2.05, 4.69) is 10.1 Å². The predicted molar refractivity (Wildman–Crippen MR) is 67.9 cm³/mol. The molecule has 5 nitrogen and oxygen atoms in total. The number of hydrogen-bond acceptors (Lipinski definition) is 4.